The highest BCUT2D eigenvalue weighted by molar-refractivity contribution is 5.69. The van der Waals surface area contributed by atoms with Crippen LogP contribution in [0.2, 0.25) is 0 Å². The van der Waals surface area contributed by atoms with Crippen LogP contribution in [0.5, 0.6) is 5.75 Å². The van der Waals surface area contributed by atoms with Crippen molar-refractivity contribution in [2.75, 3.05) is 43.6 Å². The third-order valence-electron chi connectivity index (χ3n) is 4.08. The molecule has 0 saturated carbocycles. The molecular weight excluding hydrogens is 334 g/mol. The van der Waals surface area contributed by atoms with Gasteiger partial charge in [0.1, 0.15) is 17.3 Å². The van der Waals surface area contributed by atoms with E-state index in [1.54, 1.807) is 19.4 Å². The predicted octanol–water partition coefficient (Wildman–Crippen LogP) is 2.72. The van der Waals surface area contributed by atoms with E-state index in [2.05, 4.69) is 25.3 Å². The summed E-state index contributed by atoms with van der Waals surface area (Å²) in [6, 6.07) is 11.3. The molecule has 134 valence electrons. The second-order valence-electron chi connectivity index (χ2n) is 5.74. The van der Waals surface area contributed by atoms with Gasteiger partial charge >= 0.3 is 0 Å². The van der Waals surface area contributed by atoms with Crippen LogP contribution in [-0.2, 0) is 4.74 Å². The first-order chi connectivity index (χ1) is 12.8. The summed E-state index contributed by atoms with van der Waals surface area (Å²) < 4.78 is 16.1. The van der Waals surface area contributed by atoms with Crippen molar-refractivity contribution < 1.29 is 14.0 Å². The molecule has 8 heteroatoms. The number of nitrogens with zero attached hydrogens (tertiary/aromatic N) is 4. The van der Waals surface area contributed by atoms with Gasteiger partial charge in [0, 0.05) is 30.9 Å². The van der Waals surface area contributed by atoms with E-state index >= 15 is 0 Å². The molecular formula is C18H19N5O3. The SMILES string of the molecule is COc1ccccc1-c1cc(Nc2ccnc(N3CCOCC3)n2)on1. The molecule has 1 aromatic carbocycles. The highest BCUT2D eigenvalue weighted by Gasteiger charge is 2.15. The lowest BCUT2D eigenvalue weighted by atomic mass is 10.1. The van der Waals surface area contributed by atoms with Gasteiger partial charge in [-0.25, -0.2) is 4.98 Å². The summed E-state index contributed by atoms with van der Waals surface area (Å²) in [4.78, 5) is 11.0. The number of para-hydroxylation sites is 1. The Morgan fingerprint density at radius 3 is 2.85 bits per heavy atom. The van der Waals surface area contributed by atoms with Gasteiger partial charge < -0.3 is 24.2 Å². The van der Waals surface area contributed by atoms with Crippen LogP contribution in [0.3, 0.4) is 0 Å². The number of benzene rings is 1. The molecule has 0 unspecified atom stereocenters. The largest absolute Gasteiger partial charge is 0.496 e. The molecule has 3 heterocycles. The Morgan fingerprint density at radius 1 is 1.15 bits per heavy atom. The molecule has 26 heavy (non-hydrogen) atoms. The van der Waals surface area contributed by atoms with E-state index in [4.69, 9.17) is 14.0 Å². The van der Waals surface area contributed by atoms with Crippen LogP contribution in [0.4, 0.5) is 17.7 Å². The summed E-state index contributed by atoms with van der Waals surface area (Å²) in [6.07, 6.45) is 1.72. The van der Waals surface area contributed by atoms with E-state index in [1.807, 2.05) is 30.3 Å². The van der Waals surface area contributed by atoms with Crippen LogP contribution < -0.4 is 15.0 Å². The number of rotatable bonds is 5. The Hall–Kier alpha value is -3.13. The van der Waals surface area contributed by atoms with E-state index in [0.29, 0.717) is 36.6 Å². The second kappa shape index (κ2) is 7.40. The van der Waals surface area contributed by atoms with E-state index in [1.165, 1.54) is 0 Å². The van der Waals surface area contributed by atoms with Crippen molar-refractivity contribution in [3.8, 4) is 17.0 Å². The number of hydrogen-bond acceptors (Lipinski definition) is 8. The first-order valence-electron chi connectivity index (χ1n) is 8.36. The van der Waals surface area contributed by atoms with Crippen molar-refractivity contribution in [1.82, 2.24) is 15.1 Å². The fourth-order valence-electron chi connectivity index (χ4n) is 2.78. The van der Waals surface area contributed by atoms with E-state index < -0.39 is 0 Å². The molecule has 0 atom stereocenters. The van der Waals surface area contributed by atoms with Gasteiger partial charge in [0.05, 0.1) is 20.3 Å². The first kappa shape index (κ1) is 16.3. The zero-order valence-electron chi connectivity index (χ0n) is 14.4. The number of methoxy groups -OCH3 is 1. The van der Waals surface area contributed by atoms with Crippen molar-refractivity contribution >= 4 is 17.7 Å². The third-order valence-corrected chi connectivity index (χ3v) is 4.08. The number of hydrogen-bond donors (Lipinski definition) is 1. The van der Waals surface area contributed by atoms with Crippen LogP contribution in [0.25, 0.3) is 11.3 Å². The average molecular weight is 353 g/mol. The Balaban J connectivity index is 1.52. The zero-order valence-corrected chi connectivity index (χ0v) is 14.4. The first-order valence-corrected chi connectivity index (χ1v) is 8.36. The Kier molecular flexibility index (Phi) is 4.65. The van der Waals surface area contributed by atoms with E-state index in [9.17, 15) is 0 Å². The van der Waals surface area contributed by atoms with Crippen LogP contribution in [-0.4, -0.2) is 48.5 Å². The minimum atomic E-state index is 0.498. The Bertz CT molecular complexity index is 877. The van der Waals surface area contributed by atoms with Crippen molar-refractivity contribution in [2.45, 2.75) is 0 Å². The van der Waals surface area contributed by atoms with E-state index in [-0.39, 0.29) is 0 Å². The molecule has 1 saturated heterocycles. The van der Waals surface area contributed by atoms with Gasteiger partial charge in [0.15, 0.2) is 0 Å². The third kappa shape index (κ3) is 3.45. The summed E-state index contributed by atoms with van der Waals surface area (Å²) in [6.45, 7) is 2.93. The van der Waals surface area contributed by atoms with Gasteiger partial charge in [-0.3, -0.25) is 0 Å². The quantitative estimate of drug-likeness (QED) is 0.749. The number of ether oxygens (including phenoxy) is 2. The van der Waals surface area contributed by atoms with Gasteiger partial charge in [-0.05, 0) is 18.2 Å². The highest BCUT2D eigenvalue weighted by Crippen LogP contribution is 2.31. The molecule has 2 aromatic heterocycles. The minimum Gasteiger partial charge on any atom is -0.496 e. The number of nitrogens with one attached hydrogen (secondary N) is 1. The van der Waals surface area contributed by atoms with Crippen LogP contribution in [0.1, 0.15) is 0 Å². The topological polar surface area (TPSA) is 85.5 Å². The monoisotopic (exact) mass is 353 g/mol. The predicted molar refractivity (Wildman–Crippen MR) is 96.8 cm³/mol. The van der Waals surface area contributed by atoms with Gasteiger partial charge in [-0.1, -0.05) is 17.3 Å². The summed E-state index contributed by atoms with van der Waals surface area (Å²) >= 11 is 0. The molecule has 0 radical (unpaired) electrons. The molecule has 1 aliphatic heterocycles. The average Bonchev–Trinajstić information content (AvgIpc) is 3.17. The van der Waals surface area contributed by atoms with Crippen molar-refractivity contribution in [2.24, 2.45) is 0 Å². The smallest absolute Gasteiger partial charge is 0.230 e. The molecule has 8 nitrogen and oxygen atoms in total. The van der Waals surface area contributed by atoms with Crippen molar-refractivity contribution in [3.05, 3.63) is 42.6 Å². The molecule has 1 aliphatic rings. The van der Waals surface area contributed by atoms with Crippen LogP contribution >= 0.6 is 0 Å². The molecule has 4 rings (SSSR count). The Labute approximate surface area is 150 Å². The number of aromatic nitrogens is 3. The van der Waals surface area contributed by atoms with Crippen LogP contribution in [0.15, 0.2) is 47.1 Å². The highest BCUT2D eigenvalue weighted by atomic mass is 16.5. The molecule has 1 fully saturated rings. The molecule has 1 N–H and O–H groups in total. The molecule has 0 amide bonds. The lowest BCUT2D eigenvalue weighted by molar-refractivity contribution is 0.122. The summed E-state index contributed by atoms with van der Waals surface area (Å²) in [5.74, 6) is 2.55. The lowest BCUT2D eigenvalue weighted by Gasteiger charge is -2.26. The summed E-state index contributed by atoms with van der Waals surface area (Å²) in [5, 5.41) is 7.25. The maximum atomic E-state index is 5.40. The summed E-state index contributed by atoms with van der Waals surface area (Å²) in [7, 11) is 1.63. The standard InChI is InChI=1S/C18H19N5O3/c1-24-15-5-3-2-4-13(15)14-12-17(26-22-14)20-16-6-7-19-18(21-16)23-8-10-25-11-9-23/h2-7,12H,8-11H2,1H3,(H,19,20,21). The van der Waals surface area contributed by atoms with Crippen molar-refractivity contribution in [1.29, 1.82) is 0 Å². The molecule has 0 bridgehead atoms. The zero-order chi connectivity index (χ0) is 17.8. The number of anilines is 3. The maximum Gasteiger partial charge on any atom is 0.230 e. The van der Waals surface area contributed by atoms with Crippen LogP contribution in [0, 0.1) is 0 Å². The second-order valence-corrected chi connectivity index (χ2v) is 5.74. The van der Waals surface area contributed by atoms with Gasteiger partial charge in [-0.15, -0.1) is 0 Å². The molecule has 0 aliphatic carbocycles. The van der Waals surface area contributed by atoms with Gasteiger partial charge in [0.25, 0.3) is 0 Å². The molecule has 3 aromatic rings. The van der Waals surface area contributed by atoms with E-state index in [0.717, 1.165) is 24.4 Å². The minimum absolute atomic E-state index is 0.498. The normalized spacial score (nSPS) is 14.3. The lowest BCUT2D eigenvalue weighted by Crippen LogP contribution is -2.37. The van der Waals surface area contributed by atoms with Crippen molar-refractivity contribution in [3.63, 3.8) is 0 Å². The maximum absolute atomic E-state index is 5.40. The van der Waals surface area contributed by atoms with Gasteiger partial charge in [0.2, 0.25) is 11.8 Å². The Morgan fingerprint density at radius 2 is 2.00 bits per heavy atom. The van der Waals surface area contributed by atoms with Gasteiger partial charge in [-0.2, -0.15) is 4.98 Å². The number of morpholine rings is 1. The summed E-state index contributed by atoms with van der Waals surface area (Å²) in [5.41, 5.74) is 1.55. The molecule has 0 spiro atoms. The fraction of sp³-hybridized carbons (Fsp3) is 0.278. The fourth-order valence-corrected chi connectivity index (χ4v) is 2.78.